The summed E-state index contributed by atoms with van der Waals surface area (Å²) in [6, 6.07) is 8.39. The van der Waals surface area contributed by atoms with Crippen LogP contribution in [0.15, 0.2) is 35.7 Å². The fraction of sp³-hybridized carbons (Fsp3) is 0.409. The second kappa shape index (κ2) is 11.4. The SMILES string of the molecule is CCOC(=O)N1CCN(C(=O)C(CCC(=O)O)NC(=O)c2csc(-c3ccccc3)n2)CC1. The molecule has 176 valence electrons. The van der Waals surface area contributed by atoms with Crippen molar-refractivity contribution in [1.82, 2.24) is 20.1 Å². The number of rotatable bonds is 8. The molecule has 2 N–H and O–H groups in total. The van der Waals surface area contributed by atoms with E-state index in [2.05, 4.69) is 10.3 Å². The largest absolute Gasteiger partial charge is 0.481 e. The van der Waals surface area contributed by atoms with Crippen molar-refractivity contribution in [3.8, 4) is 10.6 Å². The van der Waals surface area contributed by atoms with Gasteiger partial charge in [-0.05, 0) is 13.3 Å². The Morgan fingerprint density at radius 3 is 2.42 bits per heavy atom. The molecule has 2 heterocycles. The summed E-state index contributed by atoms with van der Waals surface area (Å²) in [7, 11) is 0. The number of piperazine rings is 1. The fourth-order valence-electron chi connectivity index (χ4n) is 3.39. The molecule has 1 unspecified atom stereocenters. The van der Waals surface area contributed by atoms with E-state index in [-0.39, 0.29) is 44.1 Å². The number of aliphatic carboxylic acids is 1. The molecule has 3 rings (SSSR count). The summed E-state index contributed by atoms with van der Waals surface area (Å²) >= 11 is 1.31. The monoisotopic (exact) mass is 474 g/mol. The molecule has 2 aromatic rings. The molecule has 0 spiro atoms. The van der Waals surface area contributed by atoms with E-state index in [0.29, 0.717) is 18.1 Å². The van der Waals surface area contributed by atoms with Crippen LogP contribution in [0, 0.1) is 0 Å². The first-order chi connectivity index (χ1) is 15.9. The summed E-state index contributed by atoms with van der Waals surface area (Å²) in [4.78, 5) is 56.2. The first-order valence-electron chi connectivity index (χ1n) is 10.6. The number of carbonyl (C=O) groups is 4. The highest BCUT2D eigenvalue weighted by Gasteiger charge is 2.31. The van der Waals surface area contributed by atoms with Crippen molar-refractivity contribution in [2.24, 2.45) is 0 Å². The summed E-state index contributed by atoms with van der Waals surface area (Å²) in [5, 5.41) is 14.0. The number of nitrogens with zero attached hydrogens (tertiary/aromatic N) is 3. The maximum absolute atomic E-state index is 13.1. The number of thiazole rings is 1. The average molecular weight is 475 g/mol. The molecule has 10 nitrogen and oxygen atoms in total. The van der Waals surface area contributed by atoms with Gasteiger partial charge in [0.1, 0.15) is 16.7 Å². The molecule has 0 radical (unpaired) electrons. The molecule has 1 fully saturated rings. The molecule has 1 saturated heterocycles. The van der Waals surface area contributed by atoms with Gasteiger partial charge in [0, 0.05) is 43.5 Å². The Balaban J connectivity index is 1.65. The normalized spacial score (nSPS) is 14.5. The minimum absolute atomic E-state index is 0.0479. The van der Waals surface area contributed by atoms with Gasteiger partial charge in [0.25, 0.3) is 5.91 Å². The number of benzene rings is 1. The standard InChI is InChI=1S/C22H26N4O6S/c1-2-32-22(31)26-12-10-25(11-13-26)21(30)16(8-9-18(27)28)23-19(29)17-14-33-20(24-17)15-6-4-3-5-7-15/h3-7,14,16H,2,8-13H2,1H3,(H,23,29)(H,27,28). The summed E-state index contributed by atoms with van der Waals surface area (Å²) in [6.45, 7) is 3.13. The molecule has 0 aliphatic carbocycles. The molecule has 0 bridgehead atoms. The van der Waals surface area contributed by atoms with Crippen molar-refractivity contribution in [3.05, 3.63) is 41.4 Å². The van der Waals surface area contributed by atoms with Gasteiger partial charge >= 0.3 is 12.1 Å². The molecular weight excluding hydrogens is 448 g/mol. The third kappa shape index (κ3) is 6.51. The third-order valence-electron chi connectivity index (χ3n) is 5.13. The minimum Gasteiger partial charge on any atom is -0.481 e. The van der Waals surface area contributed by atoms with Gasteiger partial charge in [-0.2, -0.15) is 0 Å². The zero-order valence-corrected chi connectivity index (χ0v) is 19.0. The van der Waals surface area contributed by atoms with Crippen LogP contribution >= 0.6 is 11.3 Å². The minimum atomic E-state index is -1.06. The van der Waals surface area contributed by atoms with Crippen LogP contribution in [0.5, 0.6) is 0 Å². The van der Waals surface area contributed by atoms with Crippen molar-refractivity contribution in [2.75, 3.05) is 32.8 Å². The predicted octanol–water partition coefficient (Wildman–Crippen LogP) is 2.07. The number of carbonyl (C=O) groups excluding carboxylic acids is 3. The van der Waals surface area contributed by atoms with Crippen LogP contribution in [0.3, 0.4) is 0 Å². The van der Waals surface area contributed by atoms with Gasteiger partial charge in [0.05, 0.1) is 6.61 Å². The lowest BCUT2D eigenvalue weighted by Gasteiger charge is -2.35. The van der Waals surface area contributed by atoms with E-state index in [1.54, 1.807) is 12.3 Å². The van der Waals surface area contributed by atoms with Crippen LogP contribution in [-0.4, -0.2) is 82.6 Å². The summed E-state index contributed by atoms with van der Waals surface area (Å²) in [5.74, 6) is -1.98. The molecule has 0 saturated carbocycles. The highest BCUT2D eigenvalue weighted by atomic mass is 32.1. The lowest BCUT2D eigenvalue weighted by molar-refractivity contribution is -0.138. The Hall–Kier alpha value is -3.47. The summed E-state index contributed by atoms with van der Waals surface area (Å²) in [6.07, 6.45) is -0.752. The number of ether oxygens (including phenoxy) is 1. The summed E-state index contributed by atoms with van der Waals surface area (Å²) in [5.41, 5.74) is 1.04. The van der Waals surface area contributed by atoms with E-state index in [9.17, 15) is 19.2 Å². The number of amides is 3. The third-order valence-corrected chi connectivity index (χ3v) is 6.02. The first-order valence-corrected chi connectivity index (χ1v) is 11.5. The smallest absolute Gasteiger partial charge is 0.409 e. The lowest BCUT2D eigenvalue weighted by atomic mass is 10.1. The Labute approximate surface area is 195 Å². The second-order valence-electron chi connectivity index (χ2n) is 7.37. The summed E-state index contributed by atoms with van der Waals surface area (Å²) < 4.78 is 4.98. The van der Waals surface area contributed by atoms with Crippen LogP contribution in [0.2, 0.25) is 0 Å². The lowest BCUT2D eigenvalue weighted by Crippen LogP contribution is -2.56. The first kappa shape index (κ1) is 24.2. The van der Waals surface area contributed by atoms with Gasteiger partial charge in [-0.25, -0.2) is 9.78 Å². The van der Waals surface area contributed by atoms with E-state index in [4.69, 9.17) is 9.84 Å². The highest BCUT2D eigenvalue weighted by molar-refractivity contribution is 7.13. The van der Waals surface area contributed by atoms with Crippen LogP contribution in [0.25, 0.3) is 10.6 Å². The zero-order chi connectivity index (χ0) is 23.8. The number of hydrogen-bond acceptors (Lipinski definition) is 7. The molecule has 1 aromatic carbocycles. The average Bonchev–Trinajstić information content (AvgIpc) is 3.32. The molecule has 11 heteroatoms. The molecule has 33 heavy (non-hydrogen) atoms. The van der Waals surface area contributed by atoms with Crippen molar-refractivity contribution in [2.45, 2.75) is 25.8 Å². The number of carboxylic acids is 1. The Morgan fingerprint density at radius 1 is 1.12 bits per heavy atom. The van der Waals surface area contributed by atoms with Crippen molar-refractivity contribution >= 4 is 35.2 Å². The van der Waals surface area contributed by atoms with Gasteiger partial charge in [0.15, 0.2) is 0 Å². The van der Waals surface area contributed by atoms with Crippen LogP contribution < -0.4 is 5.32 Å². The molecule has 1 aliphatic rings. The Morgan fingerprint density at radius 2 is 1.79 bits per heavy atom. The molecule has 3 amide bonds. The second-order valence-corrected chi connectivity index (χ2v) is 8.23. The van der Waals surface area contributed by atoms with E-state index < -0.39 is 24.0 Å². The van der Waals surface area contributed by atoms with Gasteiger partial charge in [-0.1, -0.05) is 30.3 Å². The number of carboxylic acid groups (broad SMARTS) is 1. The van der Waals surface area contributed by atoms with Gasteiger partial charge < -0.3 is 25.0 Å². The Bertz CT molecular complexity index is 988. The van der Waals surface area contributed by atoms with Crippen molar-refractivity contribution in [1.29, 1.82) is 0 Å². The van der Waals surface area contributed by atoms with E-state index in [1.807, 2.05) is 30.3 Å². The van der Waals surface area contributed by atoms with Crippen molar-refractivity contribution < 1.29 is 29.0 Å². The molecular formula is C22H26N4O6S. The van der Waals surface area contributed by atoms with E-state index >= 15 is 0 Å². The molecule has 1 atom stereocenters. The number of aromatic nitrogens is 1. The predicted molar refractivity (Wildman–Crippen MR) is 121 cm³/mol. The van der Waals surface area contributed by atoms with Gasteiger partial charge in [-0.3, -0.25) is 14.4 Å². The maximum atomic E-state index is 13.1. The maximum Gasteiger partial charge on any atom is 0.409 e. The van der Waals surface area contributed by atoms with Crippen molar-refractivity contribution in [3.63, 3.8) is 0 Å². The van der Waals surface area contributed by atoms with Gasteiger partial charge in [-0.15, -0.1) is 11.3 Å². The van der Waals surface area contributed by atoms with Crippen LogP contribution in [-0.2, 0) is 14.3 Å². The quantitative estimate of drug-likeness (QED) is 0.599. The zero-order valence-electron chi connectivity index (χ0n) is 18.2. The number of nitrogens with one attached hydrogen (secondary N) is 1. The topological polar surface area (TPSA) is 129 Å². The highest BCUT2D eigenvalue weighted by Crippen LogP contribution is 2.23. The number of hydrogen-bond donors (Lipinski definition) is 2. The Kier molecular flexibility index (Phi) is 8.36. The molecule has 1 aliphatic heterocycles. The van der Waals surface area contributed by atoms with Crippen LogP contribution in [0.1, 0.15) is 30.3 Å². The fourth-order valence-corrected chi connectivity index (χ4v) is 4.20. The molecule has 1 aromatic heterocycles. The van der Waals surface area contributed by atoms with Gasteiger partial charge in [0.2, 0.25) is 5.91 Å². The van der Waals surface area contributed by atoms with E-state index in [1.165, 1.54) is 21.1 Å². The van der Waals surface area contributed by atoms with Crippen LogP contribution in [0.4, 0.5) is 4.79 Å². The van der Waals surface area contributed by atoms with E-state index in [0.717, 1.165) is 5.56 Å².